The van der Waals surface area contributed by atoms with E-state index in [0.717, 1.165) is 51.5 Å². The predicted molar refractivity (Wildman–Crippen MR) is 196 cm³/mol. The third-order valence-corrected chi connectivity index (χ3v) is 9.39. The first-order valence-electron chi connectivity index (χ1n) is 16.1. The van der Waals surface area contributed by atoms with Crippen LogP contribution in [0.2, 0.25) is 0 Å². The first kappa shape index (κ1) is 27.3. The quantitative estimate of drug-likeness (QED) is 0.198. The Morgan fingerprint density at radius 3 is 2.00 bits per heavy atom. The summed E-state index contributed by atoms with van der Waals surface area (Å²) in [6, 6.07) is 56.4. The van der Waals surface area contributed by atoms with E-state index in [1.807, 2.05) is 12.1 Å². The highest BCUT2D eigenvalue weighted by molar-refractivity contribution is 6.06. The fourth-order valence-corrected chi connectivity index (χ4v) is 7.04. The molecular formula is C44H31N3. The summed E-state index contributed by atoms with van der Waals surface area (Å²) in [4.78, 5) is 10.3. The first-order valence-corrected chi connectivity index (χ1v) is 16.1. The number of imidazole rings is 1. The molecule has 0 unspecified atom stereocenters. The van der Waals surface area contributed by atoms with E-state index < -0.39 is 0 Å². The summed E-state index contributed by atoms with van der Waals surface area (Å²) in [5, 5.41) is 2.38. The summed E-state index contributed by atoms with van der Waals surface area (Å²) < 4.78 is 2.25. The van der Waals surface area contributed by atoms with Crippen LogP contribution in [0.5, 0.6) is 0 Å². The molecule has 1 aliphatic rings. The summed E-state index contributed by atoms with van der Waals surface area (Å²) in [7, 11) is 0. The van der Waals surface area contributed by atoms with Gasteiger partial charge in [-0.2, -0.15) is 0 Å². The van der Waals surface area contributed by atoms with Crippen molar-refractivity contribution >= 4 is 33.2 Å². The molecular weight excluding hydrogens is 571 g/mol. The maximum Gasteiger partial charge on any atom is 0.145 e. The summed E-state index contributed by atoms with van der Waals surface area (Å²) >= 11 is 0. The second-order valence-electron chi connectivity index (χ2n) is 12.3. The highest BCUT2D eigenvalue weighted by atomic mass is 15.1. The lowest BCUT2D eigenvalue weighted by Crippen LogP contribution is -1.98. The Balaban J connectivity index is 1.12. The lowest BCUT2D eigenvalue weighted by molar-refractivity contribution is 1.10. The fraction of sp³-hybridized carbons (Fsp3) is 0.0455. The zero-order valence-corrected chi connectivity index (χ0v) is 26.1. The van der Waals surface area contributed by atoms with Crippen molar-refractivity contribution in [3.05, 3.63) is 174 Å². The SMILES string of the molecule is CC1=Nc2cc(-c3ccc4cc(-c5nc6ccccc6n5-c5ccccc5)ccc4c3)ccc2Cc2ccccc2-c2ccccc21. The summed E-state index contributed by atoms with van der Waals surface area (Å²) in [6.07, 6.45) is 0.838. The molecule has 0 saturated carbocycles. The van der Waals surface area contributed by atoms with Gasteiger partial charge in [0, 0.05) is 28.9 Å². The standard InChI is InChI=1S/C44H31N3/c1-29-38-14-7-8-16-40(38)39-15-6-5-11-34(39)27-35-23-21-33(28-42(35)45-29)31-19-20-32-26-36(24-22-30(32)25-31)44-46-41-17-9-10-18-43(41)47(44)37-12-3-2-4-13-37/h2-26,28H,27H2,1H3. The first-order chi connectivity index (χ1) is 23.2. The molecule has 1 aromatic heterocycles. The van der Waals surface area contributed by atoms with Gasteiger partial charge in [-0.15, -0.1) is 0 Å². The van der Waals surface area contributed by atoms with Crippen LogP contribution in [0.4, 0.5) is 5.69 Å². The van der Waals surface area contributed by atoms with E-state index in [1.165, 1.54) is 44.2 Å². The molecule has 222 valence electrons. The van der Waals surface area contributed by atoms with Crippen molar-refractivity contribution in [3.8, 4) is 39.3 Å². The Labute approximate surface area is 274 Å². The van der Waals surface area contributed by atoms with Gasteiger partial charge in [-0.25, -0.2) is 4.98 Å². The Kier molecular flexibility index (Phi) is 6.43. The number of aliphatic imine (C=N–C) groups is 1. The number of fused-ring (bicyclic) bond motifs is 6. The minimum absolute atomic E-state index is 0.838. The van der Waals surface area contributed by atoms with Gasteiger partial charge in [0.2, 0.25) is 0 Å². The minimum atomic E-state index is 0.838. The van der Waals surface area contributed by atoms with Crippen LogP contribution in [0.25, 0.3) is 61.1 Å². The largest absolute Gasteiger partial charge is 0.292 e. The molecule has 2 heterocycles. The second-order valence-corrected chi connectivity index (χ2v) is 12.3. The van der Waals surface area contributed by atoms with Crippen molar-refractivity contribution in [2.75, 3.05) is 0 Å². The van der Waals surface area contributed by atoms with Crippen LogP contribution in [-0.4, -0.2) is 15.3 Å². The molecule has 0 aliphatic carbocycles. The number of aromatic nitrogens is 2. The van der Waals surface area contributed by atoms with Crippen LogP contribution in [0, 0.1) is 0 Å². The summed E-state index contributed by atoms with van der Waals surface area (Å²) in [6.45, 7) is 2.13. The van der Waals surface area contributed by atoms with E-state index in [4.69, 9.17) is 9.98 Å². The van der Waals surface area contributed by atoms with Crippen molar-refractivity contribution < 1.29 is 0 Å². The molecule has 0 amide bonds. The van der Waals surface area contributed by atoms with E-state index in [0.29, 0.717) is 0 Å². The number of rotatable bonds is 3. The lowest BCUT2D eigenvalue weighted by Gasteiger charge is -2.13. The number of hydrogen-bond acceptors (Lipinski definition) is 2. The zero-order chi connectivity index (χ0) is 31.3. The van der Waals surface area contributed by atoms with Crippen LogP contribution in [0.3, 0.4) is 0 Å². The average molecular weight is 602 g/mol. The smallest absolute Gasteiger partial charge is 0.145 e. The molecule has 47 heavy (non-hydrogen) atoms. The monoisotopic (exact) mass is 601 g/mol. The Hall–Kier alpha value is -6.06. The van der Waals surface area contributed by atoms with Gasteiger partial charge in [-0.05, 0) is 93.5 Å². The van der Waals surface area contributed by atoms with Gasteiger partial charge in [0.05, 0.1) is 16.7 Å². The molecule has 9 rings (SSSR count). The van der Waals surface area contributed by atoms with Crippen LogP contribution in [-0.2, 0) is 6.42 Å². The van der Waals surface area contributed by atoms with Gasteiger partial charge >= 0.3 is 0 Å². The molecule has 0 fully saturated rings. The maximum absolute atomic E-state index is 5.24. The van der Waals surface area contributed by atoms with Crippen LogP contribution >= 0.6 is 0 Å². The van der Waals surface area contributed by atoms with Gasteiger partial charge in [0.1, 0.15) is 5.82 Å². The van der Waals surface area contributed by atoms with Crippen molar-refractivity contribution in [2.24, 2.45) is 4.99 Å². The van der Waals surface area contributed by atoms with E-state index >= 15 is 0 Å². The molecule has 0 saturated heterocycles. The van der Waals surface area contributed by atoms with Gasteiger partial charge in [0.25, 0.3) is 0 Å². The van der Waals surface area contributed by atoms with E-state index in [-0.39, 0.29) is 0 Å². The molecule has 0 spiro atoms. The molecule has 1 aliphatic heterocycles. The molecule has 8 aromatic rings. The van der Waals surface area contributed by atoms with Crippen molar-refractivity contribution in [1.82, 2.24) is 9.55 Å². The summed E-state index contributed by atoms with van der Waals surface area (Å²) in [5.74, 6) is 0.942. The molecule has 3 heteroatoms. The number of benzene rings is 7. The molecule has 0 radical (unpaired) electrons. The topological polar surface area (TPSA) is 30.2 Å². The summed E-state index contributed by atoms with van der Waals surface area (Å²) in [5.41, 5.74) is 14.9. The van der Waals surface area contributed by atoms with E-state index in [9.17, 15) is 0 Å². The molecule has 7 aromatic carbocycles. The van der Waals surface area contributed by atoms with Crippen molar-refractivity contribution in [2.45, 2.75) is 13.3 Å². The molecule has 0 bridgehead atoms. The van der Waals surface area contributed by atoms with Crippen molar-refractivity contribution in [3.63, 3.8) is 0 Å². The fourth-order valence-electron chi connectivity index (χ4n) is 7.04. The Morgan fingerprint density at radius 2 is 1.15 bits per heavy atom. The Bertz CT molecular complexity index is 2500. The normalized spacial score (nSPS) is 12.4. The second kappa shape index (κ2) is 11.1. The highest BCUT2D eigenvalue weighted by Crippen LogP contribution is 2.37. The number of para-hydroxylation sites is 3. The van der Waals surface area contributed by atoms with Gasteiger partial charge in [0.15, 0.2) is 0 Å². The molecule has 0 atom stereocenters. The van der Waals surface area contributed by atoms with Gasteiger partial charge in [-0.1, -0.05) is 115 Å². The third kappa shape index (κ3) is 4.76. The average Bonchev–Trinajstić information content (AvgIpc) is 3.53. The minimum Gasteiger partial charge on any atom is -0.292 e. The van der Waals surface area contributed by atoms with Gasteiger partial charge < -0.3 is 0 Å². The highest BCUT2D eigenvalue weighted by Gasteiger charge is 2.17. The van der Waals surface area contributed by atoms with E-state index in [2.05, 4.69) is 157 Å². The molecule has 0 N–H and O–H groups in total. The maximum atomic E-state index is 5.24. The van der Waals surface area contributed by atoms with E-state index in [1.54, 1.807) is 0 Å². The zero-order valence-electron chi connectivity index (χ0n) is 26.1. The predicted octanol–water partition coefficient (Wildman–Crippen LogP) is 11.2. The lowest BCUT2D eigenvalue weighted by atomic mass is 9.91. The number of nitrogens with zero attached hydrogens (tertiary/aromatic N) is 3. The van der Waals surface area contributed by atoms with Crippen LogP contribution in [0.15, 0.2) is 163 Å². The Morgan fingerprint density at radius 1 is 0.511 bits per heavy atom. The van der Waals surface area contributed by atoms with Crippen LogP contribution in [0.1, 0.15) is 23.6 Å². The van der Waals surface area contributed by atoms with Gasteiger partial charge in [-0.3, -0.25) is 9.56 Å². The number of hydrogen-bond donors (Lipinski definition) is 0. The third-order valence-electron chi connectivity index (χ3n) is 9.39. The van der Waals surface area contributed by atoms with Crippen molar-refractivity contribution in [1.29, 1.82) is 0 Å². The molecule has 3 nitrogen and oxygen atoms in total. The van der Waals surface area contributed by atoms with Crippen LogP contribution < -0.4 is 0 Å².